The summed E-state index contributed by atoms with van der Waals surface area (Å²) in [6.45, 7) is 1.42. The molecule has 5 nitrogen and oxygen atoms in total. The maximum Gasteiger partial charge on any atom is 0.241 e. The van der Waals surface area contributed by atoms with Crippen molar-refractivity contribution in [1.82, 2.24) is 9.62 Å². The van der Waals surface area contributed by atoms with Crippen LogP contribution in [0.5, 0.6) is 0 Å². The lowest BCUT2D eigenvalue weighted by atomic mass is 9.79. The molecule has 2 fully saturated rings. The fourth-order valence-electron chi connectivity index (χ4n) is 5.87. The second-order valence-corrected chi connectivity index (χ2v) is 12.1. The molecule has 1 saturated carbocycles. The number of likely N-dealkylation sites (tertiary alicyclic amines) is 1. The fraction of sp³-hybridized carbons (Fsp3) is 0.542. The van der Waals surface area contributed by atoms with E-state index in [9.17, 15) is 12.8 Å². The predicted molar refractivity (Wildman–Crippen MR) is 125 cm³/mol. The van der Waals surface area contributed by atoms with Crippen molar-refractivity contribution in [2.45, 2.75) is 61.8 Å². The zero-order chi connectivity index (χ0) is 22.3. The Morgan fingerprint density at radius 1 is 1.12 bits per heavy atom. The molecule has 1 aliphatic heterocycles. The van der Waals surface area contributed by atoms with Gasteiger partial charge in [0.05, 0.1) is 10.7 Å². The number of sulfonamides is 1. The summed E-state index contributed by atoms with van der Waals surface area (Å²) in [5, 5.41) is 12.1. The van der Waals surface area contributed by atoms with E-state index in [-0.39, 0.29) is 5.82 Å². The molecule has 32 heavy (non-hydrogen) atoms. The van der Waals surface area contributed by atoms with Gasteiger partial charge in [0.1, 0.15) is 5.82 Å². The van der Waals surface area contributed by atoms with Crippen LogP contribution in [0.15, 0.2) is 39.9 Å². The van der Waals surface area contributed by atoms with Gasteiger partial charge in [0.15, 0.2) is 0 Å². The monoisotopic (exact) mass is 475 g/mol. The predicted octanol–water partition coefficient (Wildman–Crippen LogP) is 4.75. The molecule has 2 aliphatic carbocycles. The van der Waals surface area contributed by atoms with Gasteiger partial charge in [-0.15, -0.1) is 0 Å². The molecule has 1 aromatic heterocycles. The number of halogens is 1. The van der Waals surface area contributed by atoms with Gasteiger partial charge in [-0.1, -0.05) is 6.07 Å². The molecule has 2 heterocycles. The molecule has 0 amide bonds. The first-order valence-corrected chi connectivity index (χ1v) is 14.0. The summed E-state index contributed by atoms with van der Waals surface area (Å²) < 4.78 is 41.1. The average Bonchev–Trinajstić information content (AvgIpc) is 3.42. The Labute approximate surface area is 193 Å². The van der Waals surface area contributed by atoms with Gasteiger partial charge in [-0.3, -0.25) is 5.41 Å². The Kier molecular flexibility index (Phi) is 6.11. The minimum absolute atomic E-state index is 0.165. The Morgan fingerprint density at radius 3 is 2.66 bits per heavy atom. The van der Waals surface area contributed by atoms with Crippen molar-refractivity contribution in [3.63, 3.8) is 0 Å². The number of aryl methyl sites for hydroxylation is 1. The lowest BCUT2D eigenvalue weighted by molar-refractivity contribution is 0.197. The molecule has 172 valence electrons. The highest BCUT2D eigenvalue weighted by Crippen LogP contribution is 2.43. The van der Waals surface area contributed by atoms with Crippen molar-refractivity contribution < 1.29 is 12.8 Å². The second kappa shape index (κ2) is 8.88. The zero-order valence-corrected chi connectivity index (χ0v) is 19.7. The first kappa shape index (κ1) is 22.0. The Bertz CT molecular complexity index is 1080. The molecule has 2 N–H and O–H groups in total. The minimum atomic E-state index is -3.40. The summed E-state index contributed by atoms with van der Waals surface area (Å²) in [5.41, 5.74) is 2.35. The van der Waals surface area contributed by atoms with Gasteiger partial charge in [0.25, 0.3) is 0 Å². The maximum atomic E-state index is 13.6. The highest BCUT2D eigenvalue weighted by Gasteiger charge is 2.42. The molecule has 5 rings (SSSR count). The van der Waals surface area contributed by atoms with E-state index in [0.29, 0.717) is 35.2 Å². The molecule has 8 heteroatoms. The van der Waals surface area contributed by atoms with Gasteiger partial charge in [0.2, 0.25) is 10.0 Å². The van der Waals surface area contributed by atoms with Crippen LogP contribution in [0, 0.1) is 23.1 Å². The van der Waals surface area contributed by atoms with Gasteiger partial charge in [-0.05, 0) is 85.1 Å². The van der Waals surface area contributed by atoms with Crippen LogP contribution < -0.4 is 4.72 Å². The molecule has 0 spiro atoms. The number of amidine groups is 1. The van der Waals surface area contributed by atoms with Crippen LogP contribution in [0.4, 0.5) is 4.39 Å². The summed E-state index contributed by atoms with van der Waals surface area (Å²) in [6.07, 6.45) is 6.82. The summed E-state index contributed by atoms with van der Waals surface area (Å²) in [5.74, 6) is 1.80. The van der Waals surface area contributed by atoms with Crippen LogP contribution in [-0.4, -0.2) is 38.3 Å². The van der Waals surface area contributed by atoms with E-state index in [0.717, 1.165) is 62.9 Å². The van der Waals surface area contributed by atoms with Crippen LogP contribution in [0.1, 0.15) is 55.6 Å². The molecule has 0 unspecified atom stereocenters. The Morgan fingerprint density at radius 2 is 1.91 bits per heavy atom. The van der Waals surface area contributed by atoms with Gasteiger partial charge < -0.3 is 4.90 Å². The van der Waals surface area contributed by atoms with E-state index in [1.165, 1.54) is 16.9 Å². The van der Waals surface area contributed by atoms with Crippen LogP contribution in [-0.2, 0) is 16.4 Å². The summed E-state index contributed by atoms with van der Waals surface area (Å²) in [7, 11) is -3.40. The molecular weight excluding hydrogens is 445 g/mol. The molecule has 1 saturated heterocycles. The zero-order valence-electron chi connectivity index (χ0n) is 18.1. The highest BCUT2D eigenvalue weighted by molar-refractivity contribution is 7.89. The number of thiophene rings is 1. The molecule has 0 bridgehead atoms. The molecule has 3 aliphatic rings. The SMILES string of the molecule is N=C1C[C@H]2c3ccc(F)cc3CC[C@H]2N1CC1CCC(CNS(=O)(=O)c2ccsc2)CC1. The maximum absolute atomic E-state index is 13.6. The minimum Gasteiger partial charge on any atom is -0.357 e. The first-order valence-electron chi connectivity index (χ1n) is 11.5. The van der Waals surface area contributed by atoms with Crippen LogP contribution in [0.3, 0.4) is 0 Å². The second-order valence-electron chi connectivity index (χ2n) is 9.56. The average molecular weight is 476 g/mol. The van der Waals surface area contributed by atoms with Crippen molar-refractivity contribution in [2.24, 2.45) is 11.8 Å². The third kappa shape index (κ3) is 4.37. The van der Waals surface area contributed by atoms with E-state index in [1.807, 2.05) is 6.07 Å². The molecular formula is C24H30FN3O2S2. The third-order valence-electron chi connectivity index (χ3n) is 7.63. The standard InChI is InChI=1S/C24H30FN3O2S2/c25-19-6-7-21-18(11-19)5-8-23-22(21)12-24(26)28(23)14-17-3-1-16(2-4-17)13-27-32(29,30)20-9-10-31-15-20/h6-7,9-11,15-17,22-23,26-27H,1-5,8,12-14H2/t16?,17?,22-,23+/m0/s1. The van der Waals surface area contributed by atoms with Gasteiger partial charge in [0, 0.05) is 36.9 Å². The third-order valence-corrected chi connectivity index (χ3v) is 9.88. The number of nitrogens with zero attached hydrogens (tertiary/aromatic N) is 1. The Balaban J connectivity index is 1.15. The summed E-state index contributed by atoms with van der Waals surface area (Å²) in [6, 6.07) is 7.16. The quantitative estimate of drug-likeness (QED) is 0.633. The number of fused-ring (bicyclic) bond motifs is 3. The van der Waals surface area contributed by atoms with E-state index in [1.54, 1.807) is 29.0 Å². The molecule has 0 radical (unpaired) electrons. The number of hydrogen-bond acceptors (Lipinski definition) is 4. The molecule has 1 aromatic carbocycles. The molecule has 2 aromatic rings. The first-order chi connectivity index (χ1) is 15.4. The fourth-order valence-corrected chi connectivity index (χ4v) is 8.01. The summed E-state index contributed by atoms with van der Waals surface area (Å²) in [4.78, 5) is 2.68. The lowest BCUT2D eigenvalue weighted by Crippen LogP contribution is -2.41. The highest BCUT2D eigenvalue weighted by atomic mass is 32.2. The van der Waals surface area contributed by atoms with Crippen molar-refractivity contribution in [3.8, 4) is 0 Å². The number of rotatable bonds is 6. The van der Waals surface area contributed by atoms with Gasteiger partial charge in [-0.2, -0.15) is 11.3 Å². The largest absolute Gasteiger partial charge is 0.357 e. The number of hydrogen-bond donors (Lipinski definition) is 2. The van der Waals surface area contributed by atoms with Crippen molar-refractivity contribution >= 4 is 27.2 Å². The van der Waals surface area contributed by atoms with Crippen molar-refractivity contribution in [1.29, 1.82) is 5.41 Å². The van der Waals surface area contributed by atoms with Crippen LogP contribution in [0.25, 0.3) is 0 Å². The van der Waals surface area contributed by atoms with E-state index in [2.05, 4.69) is 9.62 Å². The van der Waals surface area contributed by atoms with Crippen molar-refractivity contribution in [3.05, 3.63) is 52.0 Å². The van der Waals surface area contributed by atoms with Crippen LogP contribution >= 0.6 is 11.3 Å². The Hall–Kier alpha value is -1.77. The smallest absolute Gasteiger partial charge is 0.241 e. The number of benzene rings is 1. The van der Waals surface area contributed by atoms with E-state index >= 15 is 0 Å². The van der Waals surface area contributed by atoms with Gasteiger partial charge >= 0.3 is 0 Å². The van der Waals surface area contributed by atoms with E-state index in [4.69, 9.17) is 5.41 Å². The lowest BCUT2D eigenvalue weighted by Gasteiger charge is -2.37. The normalized spacial score (nSPS) is 27.9. The topological polar surface area (TPSA) is 73.3 Å². The van der Waals surface area contributed by atoms with Gasteiger partial charge in [-0.25, -0.2) is 17.5 Å². The van der Waals surface area contributed by atoms with Crippen LogP contribution in [0.2, 0.25) is 0 Å². The summed E-state index contributed by atoms with van der Waals surface area (Å²) >= 11 is 1.39. The molecule has 2 atom stereocenters. The number of nitrogens with one attached hydrogen (secondary N) is 2. The van der Waals surface area contributed by atoms with Crippen molar-refractivity contribution in [2.75, 3.05) is 13.1 Å². The van der Waals surface area contributed by atoms with E-state index < -0.39 is 10.0 Å².